The normalized spacial score (nSPS) is 35.9. The molecule has 0 unspecified atom stereocenters. The number of aliphatic hydroxyl groups is 1. The third-order valence-corrected chi connectivity index (χ3v) is 11.2. The molecule has 5 rings (SSSR count). The minimum Gasteiger partial charge on any atom is -0.508 e. The number of rotatable bonds is 8. The van der Waals surface area contributed by atoms with Gasteiger partial charge in [0.1, 0.15) is 11.8 Å². The number of allylic oxidation sites excluding steroid dienone is 2. The largest absolute Gasteiger partial charge is 0.508 e. The molecule has 0 heterocycles. The number of esters is 1. The Morgan fingerprint density at radius 2 is 1.78 bits per heavy atom. The Morgan fingerprint density at radius 1 is 1.05 bits per heavy atom. The zero-order valence-electron chi connectivity index (χ0n) is 24.9. The van der Waals surface area contributed by atoms with Crippen LogP contribution in [0.5, 0.6) is 5.75 Å². The van der Waals surface area contributed by atoms with Gasteiger partial charge in [-0.1, -0.05) is 36.7 Å². The van der Waals surface area contributed by atoms with Crippen LogP contribution in [0.15, 0.2) is 41.1 Å². The summed E-state index contributed by atoms with van der Waals surface area (Å²) in [4.78, 5) is 30.6. The second-order valence-electron chi connectivity index (χ2n) is 13.4. The zero-order chi connectivity index (χ0) is 29.4. The summed E-state index contributed by atoms with van der Waals surface area (Å²) in [7, 11) is 0. The van der Waals surface area contributed by atoms with Gasteiger partial charge in [0, 0.05) is 6.42 Å². The molecule has 8 nitrogen and oxygen atoms in total. The highest BCUT2D eigenvalue weighted by Crippen LogP contribution is 2.67. The lowest BCUT2D eigenvalue weighted by Crippen LogP contribution is -2.53. The van der Waals surface area contributed by atoms with E-state index in [0.29, 0.717) is 17.8 Å². The maximum Gasteiger partial charge on any atom is 0.328 e. The molecule has 0 radical (unpaired) electrons. The van der Waals surface area contributed by atoms with Crippen LogP contribution in [0.3, 0.4) is 0 Å². The molecule has 7 atom stereocenters. The molecule has 0 saturated heterocycles. The minimum absolute atomic E-state index is 0.0256. The van der Waals surface area contributed by atoms with Crippen LogP contribution in [-0.2, 0) is 25.6 Å². The van der Waals surface area contributed by atoms with E-state index < -0.39 is 23.5 Å². The Balaban J connectivity index is 1.19. The number of aromatic hydroxyl groups is 1. The number of carbonyl (C=O) groups is 2. The van der Waals surface area contributed by atoms with Crippen molar-refractivity contribution in [2.75, 3.05) is 13.2 Å². The van der Waals surface area contributed by atoms with E-state index in [9.17, 15) is 19.8 Å². The molecule has 224 valence electrons. The molecule has 0 spiro atoms. The van der Waals surface area contributed by atoms with Crippen LogP contribution in [0.1, 0.15) is 84.6 Å². The van der Waals surface area contributed by atoms with Crippen molar-refractivity contribution in [3.8, 4) is 5.75 Å². The maximum absolute atomic E-state index is 12.7. The van der Waals surface area contributed by atoms with Gasteiger partial charge in [-0.3, -0.25) is 4.79 Å². The van der Waals surface area contributed by atoms with Crippen molar-refractivity contribution in [2.45, 2.75) is 97.1 Å². The Bertz CT molecular complexity index is 1210. The van der Waals surface area contributed by atoms with Crippen molar-refractivity contribution in [1.82, 2.24) is 5.32 Å². The van der Waals surface area contributed by atoms with Crippen molar-refractivity contribution in [2.24, 2.45) is 33.7 Å². The molecule has 1 aromatic carbocycles. The summed E-state index contributed by atoms with van der Waals surface area (Å²) in [5.41, 5.74) is 2.71. The Hall–Kier alpha value is -2.87. The maximum atomic E-state index is 12.7. The van der Waals surface area contributed by atoms with Crippen LogP contribution < -0.4 is 5.32 Å². The molecule has 0 aliphatic heterocycles. The van der Waals surface area contributed by atoms with E-state index in [1.54, 1.807) is 31.2 Å². The van der Waals surface area contributed by atoms with Gasteiger partial charge < -0.3 is 25.1 Å². The first kappa shape index (κ1) is 29.6. The number of benzene rings is 1. The highest BCUT2D eigenvalue weighted by molar-refractivity contribution is 5.96. The van der Waals surface area contributed by atoms with E-state index >= 15 is 0 Å². The highest BCUT2D eigenvalue weighted by Gasteiger charge is 2.62. The zero-order valence-corrected chi connectivity index (χ0v) is 24.9. The number of amides is 1. The lowest BCUT2D eigenvalue weighted by molar-refractivity contribution is -0.147. The first-order valence-corrected chi connectivity index (χ1v) is 15.3. The standard InChI is InChI=1S/C33H46N2O6/c1-5-40-30(38)28(18-21-6-9-24(36)10-7-21)34-29(37)20-41-35-23-12-15-31(2)22(19-23)8-11-25-26(31)13-16-32(3)27(25)14-17-33(32,4)39/h6-7,9-10,19,25-28,36,39H,5,8,11-18,20H2,1-4H3,(H,34,37)/t25-,26-,27-,28-,31-,32-,33+/m1/s1. The number of carbonyl (C=O) groups excluding carboxylic acids is 2. The van der Waals surface area contributed by atoms with Gasteiger partial charge in [-0.15, -0.1) is 0 Å². The Labute approximate surface area is 243 Å². The molecule has 3 fully saturated rings. The van der Waals surface area contributed by atoms with Gasteiger partial charge >= 0.3 is 5.97 Å². The van der Waals surface area contributed by atoms with Gasteiger partial charge in [-0.25, -0.2) is 4.79 Å². The second kappa shape index (κ2) is 11.4. The molecular formula is C33H46N2O6. The van der Waals surface area contributed by atoms with E-state index in [1.165, 1.54) is 5.57 Å². The average Bonchev–Trinajstić information content (AvgIpc) is 3.18. The predicted molar refractivity (Wildman–Crippen MR) is 156 cm³/mol. The fourth-order valence-electron chi connectivity index (χ4n) is 8.60. The smallest absolute Gasteiger partial charge is 0.328 e. The van der Waals surface area contributed by atoms with Gasteiger partial charge in [-0.2, -0.15) is 0 Å². The number of nitrogens with zero attached hydrogens (tertiary/aromatic N) is 1. The van der Waals surface area contributed by atoms with E-state index in [2.05, 4.69) is 37.3 Å². The second-order valence-corrected chi connectivity index (χ2v) is 13.4. The summed E-state index contributed by atoms with van der Waals surface area (Å²) in [5.74, 6) is 1.07. The molecule has 41 heavy (non-hydrogen) atoms. The number of fused-ring (bicyclic) bond motifs is 5. The van der Waals surface area contributed by atoms with Gasteiger partial charge in [0.15, 0.2) is 6.61 Å². The summed E-state index contributed by atoms with van der Waals surface area (Å²) < 4.78 is 5.15. The monoisotopic (exact) mass is 566 g/mol. The summed E-state index contributed by atoms with van der Waals surface area (Å²) >= 11 is 0. The van der Waals surface area contributed by atoms with Gasteiger partial charge in [-0.05, 0) is 118 Å². The van der Waals surface area contributed by atoms with E-state index in [4.69, 9.17) is 9.57 Å². The average molecular weight is 567 g/mol. The molecule has 0 aromatic heterocycles. The molecule has 8 heteroatoms. The van der Waals surface area contributed by atoms with Gasteiger partial charge in [0.05, 0.1) is 17.9 Å². The van der Waals surface area contributed by atoms with E-state index in [-0.39, 0.29) is 36.2 Å². The molecule has 4 aliphatic carbocycles. The SMILES string of the molecule is CCOC(=O)[C@@H](Cc1ccc(O)cc1)NC(=O)CON=C1C=C2CC[C@@H]3[C@@H](CC[C@]4(C)[C@@H]3CC[C@]4(C)O)[C@]2(C)CC1. The van der Waals surface area contributed by atoms with Crippen molar-refractivity contribution in [3.05, 3.63) is 41.5 Å². The third kappa shape index (κ3) is 5.64. The molecular weight excluding hydrogens is 520 g/mol. The molecule has 3 saturated carbocycles. The van der Waals surface area contributed by atoms with Gasteiger partial charge in [0.25, 0.3) is 5.91 Å². The van der Waals surface area contributed by atoms with Gasteiger partial charge in [0.2, 0.25) is 0 Å². The minimum atomic E-state index is -0.864. The lowest BCUT2D eigenvalue weighted by atomic mass is 9.46. The molecule has 4 aliphatic rings. The van der Waals surface area contributed by atoms with E-state index in [1.807, 2.05) is 0 Å². The fraction of sp³-hybridized carbons (Fsp3) is 0.667. The number of nitrogens with one attached hydrogen (secondary N) is 1. The first-order chi connectivity index (χ1) is 19.5. The van der Waals surface area contributed by atoms with Crippen LogP contribution in [0.25, 0.3) is 0 Å². The number of ether oxygens (including phenoxy) is 1. The summed E-state index contributed by atoms with van der Waals surface area (Å²) in [6.07, 6.45) is 10.8. The van der Waals surface area contributed by atoms with Crippen LogP contribution >= 0.6 is 0 Å². The number of hydrogen-bond donors (Lipinski definition) is 3. The topological polar surface area (TPSA) is 117 Å². The van der Waals surface area contributed by atoms with Crippen LogP contribution in [0, 0.1) is 28.6 Å². The summed E-state index contributed by atoms with van der Waals surface area (Å²) in [6.45, 7) is 8.45. The van der Waals surface area contributed by atoms with Crippen molar-refractivity contribution in [3.63, 3.8) is 0 Å². The summed E-state index contributed by atoms with van der Waals surface area (Å²) in [6, 6.07) is 5.63. The molecule has 1 aromatic rings. The Kier molecular flexibility index (Phi) is 8.25. The fourth-order valence-corrected chi connectivity index (χ4v) is 8.60. The number of phenolic OH excluding ortho intramolecular Hbond substituents is 1. The first-order valence-electron chi connectivity index (χ1n) is 15.3. The quantitative estimate of drug-likeness (QED) is 0.299. The number of phenols is 1. The Morgan fingerprint density at radius 3 is 2.51 bits per heavy atom. The van der Waals surface area contributed by atoms with E-state index in [0.717, 1.165) is 62.6 Å². The van der Waals surface area contributed by atoms with Crippen molar-refractivity contribution in [1.29, 1.82) is 0 Å². The molecule has 0 bridgehead atoms. The molecule has 3 N–H and O–H groups in total. The van der Waals surface area contributed by atoms with Crippen LogP contribution in [0.2, 0.25) is 0 Å². The predicted octanol–water partition coefficient (Wildman–Crippen LogP) is 5.07. The number of hydrogen-bond acceptors (Lipinski definition) is 7. The van der Waals surface area contributed by atoms with Crippen LogP contribution in [0.4, 0.5) is 0 Å². The van der Waals surface area contributed by atoms with Crippen molar-refractivity contribution < 1.29 is 29.4 Å². The molecule has 1 amide bonds. The lowest BCUT2D eigenvalue weighted by Gasteiger charge is -2.59. The summed E-state index contributed by atoms with van der Waals surface area (Å²) in [5, 5.41) is 27.7. The third-order valence-electron chi connectivity index (χ3n) is 11.2. The van der Waals surface area contributed by atoms with Crippen LogP contribution in [-0.4, -0.2) is 52.7 Å². The number of oxime groups is 1. The highest BCUT2D eigenvalue weighted by atomic mass is 16.6. The van der Waals surface area contributed by atoms with Crippen molar-refractivity contribution >= 4 is 17.6 Å².